The Balaban J connectivity index is 2.24. The van der Waals surface area contributed by atoms with Crippen molar-refractivity contribution in [3.63, 3.8) is 0 Å². The van der Waals surface area contributed by atoms with E-state index in [1.165, 1.54) is 29.7 Å². The summed E-state index contributed by atoms with van der Waals surface area (Å²) in [6.45, 7) is 11.3. The van der Waals surface area contributed by atoms with Gasteiger partial charge in [-0.1, -0.05) is 39.8 Å². The monoisotopic (exact) mass is 260 g/mol. The second kappa shape index (κ2) is 5.54. The summed E-state index contributed by atoms with van der Waals surface area (Å²) in [5.41, 5.74) is 4.68. The van der Waals surface area contributed by atoms with Gasteiger partial charge in [0.2, 0.25) is 0 Å². The topological polar surface area (TPSA) is 15.3 Å². The lowest BCUT2D eigenvalue weighted by molar-refractivity contribution is 0.478. The molecule has 0 saturated carbocycles. The quantitative estimate of drug-likeness (QED) is 0.868. The van der Waals surface area contributed by atoms with Crippen molar-refractivity contribution in [1.29, 1.82) is 0 Å². The average Bonchev–Trinajstić information content (AvgIpc) is 2.62. The molecule has 2 rings (SSSR count). The van der Waals surface area contributed by atoms with Gasteiger partial charge in [0.15, 0.2) is 0 Å². The number of likely N-dealkylation sites (N-methyl/N-ethyl adjacent to an activating group) is 1. The summed E-state index contributed by atoms with van der Waals surface area (Å²) < 4.78 is 0. The van der Waals surface area contributed by atoms with E-state index >= 15 is 0 Å². The Labute approximate surface area is 118 Å². The maximum atomic E-state index is 3.70. The van der Waals surface area contributed by atoms with Crippen LogP contribution in [0.4, 0.5) is 5.69 Å². The lowest BCUT2D eigenvalue weighted by atomic mass is 9.83. The minimum Gasteiger partial charge on any atom is -0.373 e. The van der Waals surface area contributed by atoms with Crippen molar-refractivity contribution in [3.8, 4) is 0 Å². The first-order valence-corrected chi connectivity index (χ1v) is 7.56. The summed E-state index contributed by atoms with van der Waals surface area (Å²) in [4.78, 5) is 2.38. The molecule has 2 heteroatoms. The number of hydrogen-bond acceptors (Lipinski definition) is 2. The Hall–Kier alpha value is -1.02. The third-order valence-electron chi connectivity index (χ3n) is 4.42. The van der Waals surface area contributed by atoms with Crippen LogP contribution in [-0.4, -0.2) is 19.6 Å². The van der Waals surface area contributed by atoms with Crippen LogP contribution in [0.15, 0.2) is 18.2 Å². The van der Waals surface area contributed by atoms with Crippen LogP contribution in [0.25, 0.3) is 0 Å². The molecule has 0 aliphatic carbocycles. The molecule has 106 valence electrons. The number of hydrogen-bond donors (Lipinski definition) is 1. The molecule has 2 nitrogen and oxygen atoms in total. The summed E-state index contributed by atoms with van der Waals surface area (Å²) in [5.74, 6) is 0. The number of benzene rings is 1. The highest BCUT2D eigenvalue weighted by Gasteiger charge is 2.35. The van der Waals surface area contributed by atoms with Crippen LogP contribution in [0.3, 0.4) is 0 Å². The van der Waals surface area contributed by atoms with Gasteiger partial charge in [0, 0.05) is 37.3 Å². The van der Waals surface area contributed by atoms with E-state index in [2.05, 4.69) is 63.2 Å². The second-order valence-corrected chi connectivity index (χ2v) is 6.45. The Morgan fingerprint density at radius 3 is 2.58 bits per heavy atom. The van der Waals surface area contributed by atoms with Crippen molar-refractivity contribution in [2.75, 3.05) is 18.5 Å². The molecule has 0 fully saturated rings. The maximum absolute atomic E-state index is 3.70. The second-order valence-electron chi connectivity index (χ2n) is 6.45. The van der Waals surface area contributed by atoms with E-state index in [0.717, 1.165) is 13.1 Å². The highest BCUT2D eigenvalue weighted by molar-refractivity contribution is 5.64. The zero-order chi connectivity index (χ0) is 14.0. The fraction of sp³-hybridized carbons (Fsp3) is 0.647. The first kappa shape index (κ1) is 14.4. The third-order valence-corrected chi connectivity index (χ3v) is 4.42. The largest absolute Gasteiger partial charge is 0.373 e. The predicted molar refractivity (Wildman–Crippen MR) is 83.9 cm³/mol. The molecule has 0 saturated heterocycles. The molecule has 1 aromatic carbocycles. The van der Waals surface area contributed by atoms with Gasteiger partial charge >= 0.3 is 0 Å². The lowest BCUT2D eigenvalue weighted by Crippen LogP contribution is -2.29. The van der Waals surface area contributed by atoms with Crippen LogP contribution in [0, 0.1) is 0 Å². The fourth-order valence-corrected chi connectivity index (χ4v) is 3.42. The zero-order valence-corrected chi connectivity index (χ0v) is 13.1. The van der Waals surface area contributed by atoms with Crippen LogP contribution in [0.2, 0.25) is 0 Å². The van der Waals surface area contributed by atoms with Gasteiger partial charge in [0.25, 0.3) is 0 Å². The molecule has 0 aromatic heterocycles. The van der Waals surface area contributed by atoms with Gasteiger partial charge in [0.05, 0.1) is 0 Å². The molecule has 1 aliphatic rings. The zero-order valence-electron chi connectivity index (χ0n) is 13.1. The van der Waals surface area contributed by atoms with Gasteiger partial charge < -0.3 is 10.2 Å². The van der Waals surface area contributed by atoms with Crippen LogP contribution >= 0.6 is 0 Å². The molecule has 1 aromatic rings. The van der Waals surface area contributed by atoms with Gasteiger partial charge in [-0.15, -0.1) is 0 Å². The highest BCUT2D eigenvalue weighted by Crippen LogP contribution is 2.41. The van der Waals surface area contributed by atoms with E-state index in [9.17, 15) is 0 Å². The van der Waals surface area contributed by atoms with E-state index in [1.807, 2.05) is 0 Å². The van der Waals surface area contributed by atoms with E-state index < -0.39 is 0 Å². The predicted octanol–water partition coefficient (Wildman–Crippen LogP) is 3.69. The SMILES string of the molecule is CCC(CC)NCc1cccc2c1C(C)(C)CN2C. The summed E-state index contributed by atoms with van der Waals surface area (Å²) in [6, 6.07) is 7.37. The lowest BCUT2D eigenvalue weighted by Gasteiger charge is -2.22. The maximum Gasteiger partial charge on any atom is 0.0405 e. The fourth-order valence-electron chi connectivity index (χ4n) is 3.42. The first-order valence-electron chi connectivity index (χ1n) is 7.56. The van der Waals surface area contributed by atoms with E-state index in [-0.39, 0.29) is 5.41 Å². The normalized spacial score (nSPS) is 17.1. The average molecular weight is 260 g/mol. The number of rotatable bonds is 5. The van der Waals surface area contributed by atoms with Crippen molar-refractivity contribution in [2.24, 2.45) is 0 Å². The number of anilines is 1. The van der Waals surface area contributed by atoms with Crippen molar-refractivity contribution in [2.45, 2.75) is 58.5 Å². The number of nitrogens with one attached hydrogen (secondary N) is 1. The minimum absolute atomic E-state index is 0.260. The van der Waals surface area contributed by atoms with E-state index in [0.29, 0.717) is 6.04 Å². The molecule has 1 heterocycles. The van der Waals surface area contributed by atoms with Gasteiger partial charge in [-0.05, 0) is 30.0 Å². The molecule has 0 unspecified atom stereocenters. The Morgan fingerprint density at radius 1 is 1.26 bits per heavy atom. The Morgan fingerprint density at radius 2 is 1.95 bits per heavy atom. The van der Waals surface area contributed by atoms with E-state index in [4.69, 9.17) is 0 Å². The minimum atomic E-state index is 0.260. The van der Waals surface area contributed by atoms with Gasteiger partial charge in [0.1, 0.15) is 0 Å². The van der Waals surface area contributed by atoms with Crippen molar-refractivity contribution >= 4 is 5.69 Å². The summed E-state index contributed by atoms with van der Waals surface area (Å²) in [5, 5.41) is 3.70. The highest BCUT2D eigenvalue weighted by atomic mass is 15.1. The summed E-state index contributed by atoms with van der Waals surface area (Å²) >= 11 is 0. The van der Waals surface area contributed by atoms with Crippen molar-refractivity contribution < 1.29 is 0 Å². The van der Waals surface area contributed by atoms with Gasteiger partial charge in [-0.25, -0.2) is 0 Å². The summed E-state index contributed by atoms with van der Waals surface area (Å²) in [6.07, 6.45) is 2.41. The number of nitrogens with zero attached hydrogens (tertiary/aromatic N) is 1. The van der Waals surface area contributed by atoms with Crippen LogP contribution < -0.4 is 10.2 Å². The standard InChI is InChI=1S/C17H28N2/c1-6-14(7-2)18-11-13-9-8-10-15-16(13)17(3,4)12-19(15)5/h8-10,14,18H,6-7,11-12H2,1-5H3. The molecule has 1 aliphatic heterocycles. The molecule has 0 spiro atoms. The van der Waals surface area contributed by atoms with Crippen molar-refractivity contribution in [3.05, 3.63) is 29.3 Å². The molecule has 0 amide bonds. The third kappa shape index (κ3) is 2.79. The Bertz CT molecular complexity index is 433. The molecule has 19 heavy (non-hydrogen) atoms. The molecular weight excluding hydrogens is 232 g/mol. The Kier molecular flexibility index (Phi) is 4.19. The molecule has 1 N–H and O–H groups in total. The number of fused-ring (bicyclic) bond motifs is 1. The van der Waals surface area contributed by atoms with Crippen LogP contribution in [0.1, 0.15) is 51.7 Å². The molecule has 0 radical (unpaired) electrons. The van der Waals surface area contributed by atoms with Crippen LogP contribution in [0.5, 0.6) is 0 Å². The van der Waals surface area contributed by atoms with Gasteiger partial charge in [-0.3, -0.25) is 0 Å². The van der Waals surface area contributed by atoms with Crippen LogP contribution in [-0.2, 0) is 12.0 Å². The summed E-state index contributed by atoms with van der Waals surface area (Å²) in [7, 11) is 2.20. The van der Waals surface area contributed by atoms with Crippen molar-refractivity contribution in [1.82, 2.24) is 5.32 Å². The van der Waals surface area contributed by atoms with Gasteiger partial charge in [-0.2, -0.15) is 0 Å². The van der Waals surface area contributed by atoms with E-state index in [1.54, 1.807) is 0 Å². The first-order chi connectivity index (χ1) is 8.99. The smallest absolute Gasteiger partial charge is 0.0405 e. The molecular formula is C17H28N2. The molecule has 0 bridgehead atoms. The molecule has 0 atom stereocenters.